The van der Waals surface area contributed by atoms with E-state index in [0.717, 1.165) is 6.42 Å². The molecule has 1 nitrogen and oxygen atoms in total. The number of anilines is 1. The van der Waals surface area contributed by atoms with Crippen molar-refractivity contribution in [3.8, 4) is 0 Å². The van der Waals surface area contributed by atoms with Crippen LogP contribution in [0.1, 0.15) is 46.6 Å². The lowest BCUT2D eigenvalue weighted by Crippen LogP contribution is -2.28. The Kier molecular flexibility index (Phi) is 4.17. The monoisotopic (exact) mass is 267 g/mol. The second kappa shape index (κ2) is 5.70. The third kappa shape index (κ3) is 3.22. The Morgan fingerprint density at radius 3 is 2.45 bits per heavy atom. The second-order valence-corrected chi connectivity index (χ2v) is 6.22. The molecule has 2 rings (SSSR count). The van der Waals surface area contributed by atoms with Gasteiger partial charge in [-0.25, -0.2) is 0 Å². The van der Waals surface area contributed by atoms with Gasteiger partial charge < -0.3 is 5.32 Å². The van der Waals surface area contributed by atoms with Crippen molar-refractivity contribution in [2.24, 2.45) is 0 Å². The normalized spacial score (nSPS) is 15.9. The summed E-state index contributed by atoms with van der Waals surface area (Å²) in [7, 11) is 0. The zero-order valence-corrected chi connectivity index (χ0v) is 13.2. The Labute approximate surface area is 123 Å². The van der Waals surface area contributed by atoms with E-state index in [1.54, 1.807) is 0 Å². The number of nitrogens with one attached hydrogen (secondary N) is 1. The Morgan fingerprint density at radius 1 is 1.15 bits per heavy atom. The highest BCUT2D eigenvalue weighted by atomic mass is 15.0. The molecule has 0 saturated carbocycles. The van der Waals surface area contributed by atoms with Gasteiger partial charge in [-0.15, -0.1) is 0 Å². The van der Waals surface area contributed by atoms with Gasteiger partial charge in [0.25, 0.3) is 0 Å². The summed E-state index contributed by atoms with van der Waals surface area (Å²) < 4.78 is 0. The lowest BCUT2D eigenvalue weighted by atomic mass is 9.97. The molecular weight excluding hydrogens is 242 g/mol. The second-order valence-electron chi connectivity index (χ2n) is 6.22. The molecule has 1 aliphatic rings. The zero-order chi connectivity index (χ0) is 14.8. The number of hydrogen-bond donors (Lipinski definition) is 1. The standard InChI is InChI=1S/C19H25N/c1-6-11-19(4,5)20-18-10-8-7-9-16(18)17-13-14(2)12-15(17)3/h6-12,20H,13H2,1-5H3. The van der Waals surface area contributed by atoms with Crippen molar-refractivity contribution < 1.29 is 0 Å². The minimum absolute atomic E-state index is 0.0413. The van der Waals surface area contributed by atoms with E-state index < -0.39 is 0 Å². The van der Waals surface area contributed by atoms with Gasteiger partial charge in [-0.1, -0.05) is 42.0 Å². The van der Waals surface area contributed by atoms with Gasteiger partial charge in [0, 0.05) is 16.8 Å². The van der Waals surface area contributed by atoms with E-state index in [2.05, 4.69) is 82.4 Å². The van der Waals surface area contributed by atoms with Crippen molar-refractivity contribution in [2.45, 2.75) is 46.6 Å². The van der Waals surface area contributed by atoms with Gasteiger partial charge in [0.15, 0.2) is 0 Å². The minimum atomic E-state index is -0.0413. The van der Waals surface area contributed by atoms with Gasteiger partial charge in [-0.05, 0) is 58.3 Å². The van der Waals surface area contributed by atoms with Crippen molar-refractivity contribution in [3.63, 3.8) is 0 Å². The molecular formula is C19H25N. The number of rotatable bonds is 4. The van der Waals surface area contributed by atoms with Crippen LogP contribution in [-0.4, -0.2) is 5.54 Å². The molecule has 20 heavy (non-hydrogen) atoms. The van der Waals surface area contributed by atoms with Crippen molar-refractivity contribution in [3.05, 3.63) is 59.2 Å². The quantitative estimate of drug-likeness (QED) is 0.702. The van der Waals surface area contributed by atoms with Crippen LogP contribution in [0.15, 0.2) is 53.6 Å². The fourth-order valence-electron chi connectivity index (χ4n) is 2.89. The van der Waals surface area contributed by atoms with Crippen molar-refractivity contribution in [1.29, 1.82) is 0 Å². The number of allylic oxidation sites excluding steroid dienone is 5. The first kappa shape index (κ1) is 14.6. The van der Waals surface area contributed by atoms with Gasteiger partial charge in [-0.2, -0.15) is 0 Å². The molecule has 0 fully saturated rings. The van der Waals surface area contributed by atoms with Crippen LogP contribution in [-0.2, 0) is 0 Å². The lowest BCUT2D eigenvalue weighted by molar-refractivity contribution is 0.711. The van der Waals surface area contributed by atoms with Crippen molar-refractivity contribution in [1.82, 2.24) is 0 Å². The predicted octanol–water partition coefficient (Wildman–Crippen LogP) is 5.58. The molecule has 0 heterocycles. The maximum Gasteiger partial charge on any atom is 0.0500 e. The molecule has 1 N–H and O–H groups in total. The van der Waals surface area contributed by atoms with E-state index >= 15 is 0 Å². The fraction of sp³-hybridized carbons (Fsp3) is 0.368. The van der Waals surface area contributed by atoms with Crippen LogP contribution in [0.2, 0.25) is 0 Å². The summed E-state index contributed by atoms with van der Waals surface area (Å²) in [6.07, 6.45) is 7.66. The smallest absolute Gasteiger partial charge is 0.0500 e. The zero-order valence-electron chi connectivity index (χ0n) is 13.2. The Morgan fingerprint density at radius 2 is 1.85 bits per heavy atom. The van der Waals surface area contributed by atoms with Crippen LogP contribution in [0.4, 0.5) is 5.69 Å². The molecule has 106 valence electrons. The van der Waals surface area contributed by atoms with Crippen LogP contribution in [0.25, 0.3) is 5.57 Å². The van der Waals surface area contributed by atoms with E-state index in [1.807, 2.05) is 0 Å². The van der Waals surface area contributed by atoms with Gasteiger partial charge >= 0.3 is 0 Å². The summed E-state index contributed by atoms with van der Waals surface area (Å²) in [5, 5.41) is 3.66. The van der Waals surface area contributed by atoms with E-state index in [4.69, 9.17) is 0 Å². The minimum Gasteiger partial charge on any atom is -0.376 e. The summed E-state index contributed by atoms with van der Waals surface area (Å²) in [5.74, 6) is 0. The average molecular weight is 267 g/mol. The van der Waals surface area contributed by atoms with E-state index in [0.29, 0.717) is 0 Å². The summed E-state index contributed by atoms with van der Waals surface area (Å²) in [6, 6.07) is 8.62. The largest absolute Gasteiger partial charge is 0.376 e. The molecule has 0 atom stereocenters. The number of benzene rings is 1. The Bertz CT molecular complexity index is 586. The van der Waals surface area contributed by atoms with Crippen LogP contribution in [0.5, 0.6) is 0 Å². The molecule has 0 bridgehead atoms. The first-order chi connectivity index (χ1) is 9.43. The highest BCUT2D eigenvalue weighted by molar-refractivity contribution is 5.83. The number of hydrogen-bond acceptors (Lipinski definition) is 1. The van der Waals surface area contributed by atoms with Crippen LogP contribution < -0.4 is 5.32 Å². The molecule has 0 unspecified atom stereocenters. The molecule has 1 heteroatoms. The van der Waals surface area contributed by atoms with E-state index in [9.17, 15) is 0 Å². The summed E-state index contributed by atoms with van der Waals surface area (Å²) in [6.45, 7) is 10.9. The molecule has 0 spiro atoms. The Hall–Kier alpha value is -1.76. The van der Waals surface area contributed by atoms with Crippen LogP contribution in [0.3, 0.4) is 0 Å². The van der Waals surface area contributed by atoms with Gasteiger partial charge in [0.1, 0.15) is 0 Å². The molecule has 0 aliphatic heterocycles. The molecule has 0 radical (unpaired) electrons. The summed E-state index contributed by atoms with van der Waals surface area (Å²) in [4.78, 5) is 0. The molecule has 0 saturated heterocycles. The topological polar surface area (TPSA) is 12.0 Å². The molecule has 1 aromatic carbocycles. The maximum atomic E-state index is 3.66. The van der Waals surface area contributed by atoms with Crippen molar-refractivity contribution in [2.75, 3.05) is 5.32 Å². The highest BCUT2D eigenvalue weighted by Crippen LogP contribution is 2.37. The van der Waals surface area contributed by atoms with Crippen molar-refractivity contribution >= 4 is 11.3 Å². The van der Waals surface area contributed by atoms with E-state index in [-0.39, 0.29) is 5.54 Å². The molecule has 0 aromatic heterocycles. The number of para-hydroxylation sites is 1. The summed E-state index contributed by atoms with van der Waals surface area (Å²) in [5.41, 5.74) is 6.78. The SMILES string of the molecule is CC=CC(C)(C)Nc1ccccc1C1=C(C)C=C(C)C1. The average Bonchev–Trinajstić information content (AvgIpc) is 2.68. The molecule has 1 aromatic rings. The summed E-state index contributed by atoms with van der Waals surface area (Å²) >= 11 is 0. The predicted molar refractivity (Wildman–Crippen MR) is 89.9 cm³/mol. The molecule has 0 amide bonds. The fourth-order valence-corrected chi connectivity index (χ4v) is 2.89. The van der Waals surface area contributed by atoms with Crippen LogP contribution in [0, 0.1) is 0 Å². The lowest BCUT2D eigenvalue weighted by Gasteiger charge is -2.26. The first-order valence-corrected chi connectivity index (χ1v) is 7.31. The van der Waals surface area contributed by atoms with Gasteiger partial charge in [0.2, 0.25) is 0 Å². The van der Waals surface area contributed by atoms with E-state index in [1.165, 1.54) is 28.0 Å². The van der Waals surface area contributed by atoms with Gasteiger partial charge in [0.05, 0.1) is 0 Å². The highest BCUT2D eigenvalue weighted by Gasteiger charge is 2.18. The molecule has 1 aliphatic carbocycles. The third-order valence-electron chi connectivity index (χ3n) is 3.69. The first-order valence-electron chi connectivity index (χ1n) is 7.31. The van der Waals surface area contributed by atoms with Crippen LogP contribution >= 0.6 is 0 Å². The third-order valence-corrected chi connectivity index (χ3v) is 3.69. The Balaban J connectivity index is 2.36. The maximum absolute atomic E-state index is 3.66. The van der Waals surface area contributed by atoms with Gasteiger partial charge in [-0.3, -0.25) is 0 Å².